The van der Waals surface area contributed by atoms with Crippen LogP contribution in [0.2, 0.25) is 13.7 Å². The van der Waals surface area contributed by atoms with Crippen LogP contribution in [-0.2, 0) is 0 Å². The van der Waals surface area contributed by atoms with Crippen LogP contribution in [0.25, 0.3) is 0 Å². The molecule has 2 aromatic rings. The van der Waals surface area contributed by atoms with Gasteiger partial charge in [0.05, 0.1) is 19.1 Å². The van der Waals surface area contributed by atoms with Gasteiger partial charge in [-0.2, -0.15) is 0 Å². The van der Waals surface area contributed by atoms with Crippen LogP contribution in [0.1, 0.15) is 16.5 Å². The van der Waals surface area contributed by atoms with Gasteiger partial charge < -0.3 is 0 Å². The van der Waals surface area contributed by atoms with Gasteiger partial charge in [-0.3, -0.25) is 0 Å². The highest BCUT2D eigenvalue weighted by Crippen LogP contribution is 2.41. The molecule has 0 spiro atoms. The molecule has 1 unspecified atom stereocenters. The van der Waals surface area contributed by atoms with E-state index in [1.807, 2.05) is 0 Å². The summed E-state index contributed by atoms with van der Waals surface area (Å²) in [5.74, 6) is -0.478. The molecule has 0 bridgehead atoms. The summed E-state index contributed by atoms with van der Waals surface area (Å²) >= 11 is 25.0. The molecule has 1 aromatic heterocycles. The molecule has 0 saturated heterocycles. The first-order valence-electron chi connectivity index (χ1n) is 4.53. The Hall–Kier alpha value is 0.01000. The van der Waals surface area contributed by atoms with Gasteiger partial charge in [-0.25, -0.2) is 4.39 Å². The zero-order valence-electron chi connectivity index (χ0n) is 8.18. The second-order valence-electron chi connectivity index (χ2n) is 3.32. The Kier molecular flexibility index (Phi) is 4.22. The number of alkyl halides is 1. The molecule has 0 radical (unpaired) electrons. The molecule has 90 valence electrons. The van der Waals surface area contributed by atoms with E-state index in [-0.39, 0.29) is 5.02 Å². The van der Waals surface area contributed by atoms with Crippen LogP contribution in [-0.4, -0.2) is 0 Å². The minimum Gasteiger partial charge on any atom is -0.205 e. The molecule has 0 aliphatic heterocycles. The summed E-state index contributed by atoms with van der Waals surface area (Å²) in [6.07, 6.45) is 0. The molecule has 0 aliphatic rings. The van der Waals surface area contributed by atoms with Crippen LogP contribution >= 0.6 is 57.7 Å². The fourth-order valence-electron chi connectivity index (χ4n) is 1.38. The highest BCUT2D eigenvalue weighted by Gasteiger charge is 2.18. The quantitative estimate of drug-likeness (QED) is 0.577. The minimum atomic E-state index is -0.496. The summed E-state index contributed by atoms with van der Waals surface area (Å²) in [7, 11) is 0. The molecule has 0 amide bonds. The van der Waals surface area contributed by atoms with E-state index in [2.05, 4.69) is 0 Å². The maximum Gasteiger partial charge on any atom is 0.141 e. The number of benzene rings is 1. The lowest BCUT2D eigenvalue weighted by Gasteiger charge is -2.09. The van der Waals surface area contributed by atoms with Crippen LogP contribution in [0.3, 0.4) is 0 Å². The van der Waals surface area contributed by atoms with Gasteiger partial charge in [-0.05, 0) is 23.8 Å². The van der Waals surface area contributed by atoms with E-state index < -0.39 is 11.2 Å². The summed E-state index contributed by atoms with van der Waals surface area (Å²) in [6, 6.07) is 6.02. The van der Waals surface area contributed by atoms with Crippen molar-refractivity contribution in [2.45, 2.75) is 5.38 Å². The smallest absolute Gasteiger partial charge is 0.141 e. The Morgan fingerprint density at radius 3 is 2.35 bits per heavy atom. The van der Waals surface area contributed by atoms with Crippen molar-refractivity contribution in [1.29, 1.82) is 0 Å². The van der Waals surface area contributed by atoms with E-state index in [4.69, 9.17) is 46.4 Å². The Bertz CT molecular complexity index is 552. The highest BCUT2D eigenvalue weighted by atomic mass is 35.5. The van der Waals surface area contributed by atoms with Gasteiger partial charge in [-0.1, -0.05) is 40.9 Å². The van der Waals surface area contributed by atoms with E-state index in [0.29, 0.717) is 19.8 Å². The molecule has 0 N–H and O–H groups in total. The zero-order chi connectivity index (χ0) is 12.6. The average molecular weight is 330 g/mol. The molecular formula is C11H5Cl4FS. The third-order valence-corrected chi connectivity index (χ3v) is 4.49. The molecule has 2 rings (SSSR count). The Balaban J connectivity index is 2.40. The maximum absolute atomic E-state index is 13.0. The fraction of sp³-hybridized carbons (Fsp3) is 0.0909. The highest BCUT2D eigenvalue weighted by molar-refractivity contribution is 7.20. The Morgan fingerprint density at radius 1 is 1.12 bits per heavy atom. The average Bonchev–Trinajstić information content (AvgIpc) is 2.61. The number of hydrogen-bond acceptors (Lipinski definition) is 1. The first-order valence-corrected chi connectivity index (χ1v) is 6.91. The standard InChI is InChI=1S/C11H5Cl4FS/c12-7-3-5(1-2-8(7)16)10(14)6-4-9(13)17-11(6)15/h1-4,10H. The van der Waals surface area contributed by atoms with E-state index in [1.54, 1.807) is 12.1 Å². The molecule has 0 nitrogen and oxygen atoms in total. The monoisotopic (exact) mass is 328 g/mol. The molecule has 6 heteroatoms. The molecule has 1 aromatic carbocycles. The summed E-state index contributed by atoms with van der Waals surface area (Å²) < 4.78 is 14.1. The lowest BCUT2D eigenvalue weighted by atomic mass is 10.1. The summed E-state index contributed by atoms with van der Waals surface area (Å²) in [5, 5.41) is -0.463. The largest absolute Gasteiger partial charge is 0.205 e. The van der Waals surface area contributed by atoms with Crippen LogP contribution in [0.5, 0.6) is 0 Å². The van der Waals surface area contributed by atoms with Crippen LogP contribution in [0.15, 0.2) is 24.3 Å². The third kappa shape index (κ3) is 2.88. The maximum atomic E-state index is 13.0. The SMILES string of the molecule is Fc1ccc(C(Cl)c2cc(Cl)sc2Cl)cc1Cl. The fourth-order valence-corrected chi connectivity index (χ4v) is 3.52. The van der Waals surface area contributed by atoms with Gasteiger partial charge in [0, 0.05) is 5.56 Å². The van der Waals surface area contributed by atoms with Crippen LogP contribution in [0, 0.1) is 5.82 Å². The molecule has 0 fully saturated rings. The number of thiophene rings is 1. The molecule has 1 atom stereocenters. The summed E-state index contributed by atoms with van der Waals surface area (Å²) in [5.41, 5.74) is 1.38. The van der Waals surface area contributed by atoms with Gasteiger partial charge in [0.15, 0.2) is 0 Å². The van der Waals surface area contributed by atoms with Gasteiger partial charge in [0.2, 0.25) is 0 Å². The number of rotatable bonds is 2. The van der Waals surface area contributed by atoms with Crippen molar-refractivity contribution in [3.05, 3.63) is 54.9 Å². The molecular weight excluding hydrogens is 325 g/mol. The second-order valence-corrected chi connectivity index (χ2v) is 6.44. The second kappa shape index (κ2) is 5.33. The van der Waals surface area contributed by atoms with Crippen LogP contribution < -0.4 is 0 Å². The van der Waals surface area contributed by atoms with E-state index >= 15 is 0 Å². The number of hydrogen-bond donors (Lipinski definition) is 0. The van der Waals surface area contributed by atoms with E-state index in [0.717, 1.165) is 0 Å². The van der Waals surface area contributed by atoms with E-state index in [1.165, 1.54) is 23.5 Å². The van der Waals surface area contributed by atoms with Gasteiger partial charge in [0.25, 0.3) is 0 Å². The molecule has 0 saturated carbocycles. The molecule has 0 aliphatic carbocycles. The van der Waals surface area contributed by atoms with Crippen molar-refractivity contribution in [1.82, 2.24) is 0 Å². The van der Waals surface area contributed by atoms with Crippen molar-refractivity contribution >= 4 is 57.7 Å². The lowest BCUT2D eigenvalue weighted by Crippen LogP contribution is -1.92. The van der Waals surface area contributed by atoms with Gasteiger partial charge in [-0.15, -0.1) is 22.9 Å². The normalized spacial score (nSPS) is 12.8. The number of halogens is 5. The van der Waals surface area contributed by atoms with Crippen molar-refractivity contribution in [3.63, 3.8) is 0 Å². The predicted octanol–water partition coefficient (Wildman–Crippen LogP) is 6.18. The van der Waals surface area contributed by atoms with Crippen molar-refractivity contribution in [2.24, 2.45) is 0 Å². The van der Waals surface area contributed by atoms with Gasteiger partial charge in [0.1, 0.15) is 5.82 Å². The van der Waals surface area contributed by atoms with E-state index in [9.17, 15) is 4.39 Å². The first-order chi connectivity index (χ1) is 7.99. The van der Waals surface area contributed by atoms with Crippen molar-refractivity contribution in [2.75, 3.05) is 0 Å². The Labute approximate surface area is 122 Å². The van der Waals surface area contributed by atoms with Crippen LogP contribution in [0.4, 0.5) is 4.39 Å². The first kappa shape index (κ1) is 13.4. The van der Waals surface area contributed by atoms with Crippen molar-refractivity contribution < 1.29 is 4.39 Å². The topological polar surface area (TPSA) is 0 Å². The molecule has 17 heavy (non-hydrogen) atoms. The zero-order valence-corrected chi connectivity index (χ0v) is 12.0. The molecule has 1 heterocycles. The minimum absolute atomic E-state index is 0.0330. The Morgan fingerprint density at radius 2 is 1.82 bits per heavy atom. The third-order valence-electron chi connectivity index (χ3n) is 2.19. The summed E-state index contributed by atoms with van der Waals surface area (Å²) in [4.78, 5) is 0. The summed E-state index contributed by atoms with van der Waals surface area (Å²) in [6.45, 7) is 0. The lowest BCUT2D eigenvalue weighted by molar-refractivity contribution is 0.627. The predicted molar refractivity (Wildman–Crippen MR) is 73.4 cm³/mol. The van der Waals surface area contributed by atoms with Crippen molar-refractivity contribution in [3.8, 4) is 0 Å². The van der Waals surface area contributed by atoms with Gasteiger partial charge >= 0.3 is 0 Å².